The predicted molar refractivity (Wildman–Crippen MR) is 127 cm³/mol. The van der Waals surface area contributed by atoms with Crippen molar-refractivity contribution >= 4 is 65.8 Å². The summed E-state index contributed by atoms with van der Waals surface area (Å²) >= 11 is 0. The Balaban J connectivity index is -0.00000160. The Labute approximate surface area is 230 Å². The number of ether oxygens (including phenoxy) is 3. The molecule has 0 aromatic rings. The first-order valence-electron chi connectivity index (χ1n) is 10.6. The predicted octanol–water partition coefficient (Wildman–Crippen LogP) is 3.24. The van der Waals surface area contributed by atoms with Crippen molar-refractivity contribution < 1.29 is 44.4 Å². The minimum atomic E-state index is -3.98. The molecule has 1 N–H and O–H groups in total. The van der Waals surface area contributed by atoms with Gasteiger partial charge in [-0.05, 0) is 33.1 Å². The first-order chi connectivity index (χ1) is 14.8. The molecule has 0 aliphatic heterocycles. The third kappa shape index (κ3) is 15.6. The molecular weight excluding hydrogens is 480 g/mol. The van der Waals surface area contributed by atoms with Crippen LogP contribution in [0.4, 0.5) is 0 Å². The molecule has 0 fully saturated rings. The van der Waals surface area contributed by atoms with E-state index in [9.17, 15) is 22.8 Å². The number of carbonyl (C=O) groups excluding carboxylic acids is 3. The van der Waals surface area contributed by atoms with Crippen molar-refractivity contribution in [2.75, 3.05) is 25.6 Å². The average Bonchev–Trinajstić information content (AvgIpc) is 2.70. The quantitative estimate of drug-likeness (QED) is 0.0769. The Morgan fingerprint density at radius 2 is 1.36 bits per heavy atom. The van der Waals surface area contributed by atoms with Gasteiger partial charge < -0.3 is 17.1 Å². The smallest absolute Gasteiger partial charge is 1.00 e. The first kappa shape index (κ1) is 34.2. The summed E-state index contributed by atoms with van der Waals surface area (Å²) in [4.78, 5) is 36.8. The molecule has 0 rings (SSSR count). The summed E-state index contributed by atoms with van der Waals surface area (Å²) in [6, 6.07) is 0. The zero-order chi connectivity index (χ0) is 24.8. The fraction of sp³-hybridized carbons (Fsp3) is 0.682. The number of hydrogen-bond acceptors (Lipinski definition) is 8. The minimum absolute atomic E-state index is 0. The molecule has 0 saturated carbocycles. The minimum Gasteiger partial charge on any atom is -1.00 e. The fourth-order valence-electron chi connectivity index (χ4n) is 2.63. The second kappa shape index (κ2) is 17.5. The summed E-state index contributed by atoms with van der Waals surface area (Å²) in [5.74, 6) is -2.28. The van der Waals surface area contributed by atoms with Crippen molar-refractivity contribution in [1.29, 1.82) is 0 Å². The molecule has 0 radical (unpaired) electrons. The van der Waals surface area contributed by atoms with Crippen LogP contribution >= 0.6 is 0 Å². The number of carbonyl (C=O) groups is 3. The molecule has 0 unspecified atom stereocenters. The Hall–Kier alpha value is -0.940. The summed E-state index contributed by atoms with van der Waals surface area (Å²) < 4.78 is 46.0. The maximum Gasteiger partial charge on any atom is 2.00 e. The van der Waals surface area contributed by atoms with E-state index in [0.29, 0.717) is 32.1 Å². The summed E-state index contributed by atoms with van der Waals surface area (Å²) in [6.45, 7) is 11.4. The normalized spacial score (nSPS) is 11.2. The first-order valence-corrected chi connectivity index (χ1v) is 12.2. The van der Waals surface area contributed by atoms with E-state index >= 15 is 0 Å². The number of rotatable bonds is 17. The molecule has 188 valence electrons. The van der Waals surface area contributed by atoms with Gasteiger partial charge in [0.1, 0.15) is 18.6 Å². The molecule has 9 nitrogen and oxygen atoms in total. The van der Waals surface area contributed by atoms with Crippen LogP contribution in [0.1, 0.15) is 68.6 Å². The fourth-order valence-corrected chi connectivity index (χ4v) is 3.20. The zero-order valence-corrected chi connectivity index (χ0v) is 23.0. The molecule has 0 aromatic heterocycles. The van der Waals surface area contributed by atoms with Crippen molar-refractivity contribution in [1.82, 2.24) is 0 Å². The third-order valence-electron chi connectivity index (χ3n) is 4.63. The molecule has 33 heavy (non-hydrogen) atoms. The van der Waals surface area contributed by atoms with Crippen LogP contribution in [0.3, 0.4) is 0 Å². The monoisotopic (exact) mass is 518 g/mol. The summed E-state index contributed by atoms with van der Waals surface area (Å²) in [5.41, 5.74) is -1.02. The van der Waals surface area contributed by atoms with E-state index in [-0.39, 0.29) is 83.7 Å². The SMILES string of the molecule is C=C(C)C(=O)OCC(CCCC)(COC(=O)C(=C)C)C(=O)OCCCCCCS(=O)(=O)O.[Ca+2].[H-].[H-]. The van der Waals surface area contributed by atoms with E-state index in [2.05, 4.69) is 13.2 Å². The van der Waals surface area contributed by atoms with E-state index in [1.54, 1.807) is 0 Å². The van der Waals surface area contributed by atoms with Gasteiger partial charge in [0.25, 0.3) is 10.1 Å². The van der Waals surface area contributed by atoms with Gasteiger partial charge in [-0.3, -0.25) is 9.35 Å². The van der Waals surface area contributed by atoms with Gasteiger partial charge in [-0.15, -0.1) is 0 Å². The van der Waals surface area contributed by atoms with Crippen LogP contribution in [0, 0.1) is 5.41 Å². The van der Waals surface area contributed by atoms with E-state index in [1.807, 2.05) is 6.92 Å². The van der Waals surface area contributed by atoms with Crippen LogP contribution in [0.5, 0.6) is 0 Å². The van der Waals surface area contributed by atoms with Gasteiger partial charge in [-0.1, -0.05) is 45.8 Å². The van der Waals surface area contributed by atoms with Gasteiger partial charge in [0.2, 0.25) is 0 Å². The van der Waals surface area contributed by atoms with Gasteiger partial charge >= 0.3 is 55.6 Å². The standard InChI is InChI=1S/C22H36O9S.Ca.2H/c1-6-7-12-22(15-30-19(23)17(2)3,16-31-20(24)18(4)5)21(25)29-13-10-8-9-11-14-32(26,27)28;;;/h2,4,6-16H2,1,3,5H3,(H,26,27,28);;;/q;+2;2*-1. The van der Waals surface area contributed by atoms with Crippen LogP contribution in [-0.4, -0.2) is 94.2 Å². The van der Waals surface area contributed by atoms with Crippen LogP contribution in [0.15, 0.2) is 24.3 Å². The van der Waals surface area contributed by atoms with E-state index in [4.69, 9.17) is 18.8 Å². The van der Waals surface area contributed by atoms with Gasteiger partial charge in [0, 0.05) is 11.1 Å². The van der Waals surface area contributed by atoms with Gasteiger partial charge in [0.15, 0.2) is 0 Å². The van der Waals surface area contributed by atoms with Crippen molar-refractivity contribution in [3.8, 4) is 0 Å². The Kier molecular flexibility index (Phi) is 18.1. The number of esters is 3. The zero-order valence-electron chi connectivity index (χ0n) is 22.0. The van der Waals surface area contributed by atoms with Crippen molar-refractivity contribution in [2.45, 2.75) is 65.7 Å². The molecule has 0 aliphatic rings. The number of hydrogen-bond donors (Lipinski definition) is 1. The molecule has 0 atom stereocenters. The van der Waals surface area contributed by atoms with Gasteiger partial charge in [-0.25, -0.2) is 9.59 Å². The van der Waals surface area contributed by atoms with Crippen molar-refractivity contribution in [3.05, 3.63) is 24.3 Å². The Morgan fingerprint density at radius 1 is 0.879 bits per heavy atom. The molecule has 0 saturated heterocycles. The van der Waals surface area contributed by atoms with Gasteiger partial charge in [-0.2, -0.15) is 8.42 Å². The van der Waals surface area contributed by atoms with Gasteiger partial charge in [0.05, 0.1) is 12.4 Å². The second-order valence-electron chi connectivity index (χ2n) is 7.93. The third-order valence-corrected chi connectivity index (χ3v) is 5.43. The second-order valence-corrected chi connectivity index (χ2v) is 9.51. The van der Waals surface area contributed by atoms with Crippen LogP contribution in [0.2, 0.25) is 0 Å². The number of unbranched alkanes of at least 4 members (excludes halogenated alkanes) is 4. The van der Waals surface area contributed by atoms with Crippen molar-refractivity contribution in [2.24, 2.45) is 5.41 Å². The van der Waals surface area contributed by atoms with Crippen LogP contribution in [0.25, 0.3) is 0 Å². The summed E-state index contributed by atoms with van der Waals surface area (Å²) in [6.07, 6.45) is 3.58. The Bertz CT molecular complexity index is 756. The molecule has 0 amide bonds. The van der Waals surface area contributed by atoms with Crippen LogP contribution < -0.4 is 0 Å². The molecule has 11 heteroatoms. The van der Waals surface area contributed by atoms with E-state index < -0.39 is 33.4 Å². The molecule has 0 aliphatic carbocycles. The maximum absolute atomic E-state index is 13.0. The Morgan fingerprint density at radius 3 is 1.79 bits per heavy atom. The van der Waals surface area contributed by atoms with Crippen molar-refractivity contribution in [3.63, 3.8) is 0 Å². The average molecular weight is 519 g/mol. The largest absolute Gasteiger partial charge is 2.00 e. The summed E-state index contributed by atoms with van der Waals surface area (Å²) in [5, 5.41) is 0. The van der Waals surface area contributed by atoms with E-state index in [1.165, 1.54) is 13.8 Å². The molecular formula is C22H38CaO9S. The molecule has 0 aromatic carbocycles. The maximum atomic E-state index is 13.0. The topological polar surface area (TPSA) is 133 Å². The van der Waals surface area contributed by atoms with E-state index in [0.717, 1.165) is 6.42 Å². The molecule has 0 bridgehead atoms. The molecule has 0 spiro atoms. The summed E-state index contributed by atoms with van der Waals surface area (Å²) in [7, 11) is -3.98. The van der Waals surface area contributed by atoms with Crippen LogP contribution in [-0.2, 0) is 38.7 Å². The molecule has 0 heterocycles.